The van der Waals surface area contributed by atoms with Gasteiger partial charge in [-0.2, -0.15) is 0 Å². The average molecular weight is 1110 g/mol. The number of nitrogens with one attached hydrogen (secondary N) is 1. The van der Waals surface area contributed by atoms with Gasteiger partial charge in [0.05, 0.1) is 25.4 Å². The quantitative estimate of drug-likeness (QED) is 0.0320. The van der Waals surface area contributed by atoms with E-state index in [2.05, 4.69) is 55.6 Å². The van der Waals surface area contributed by atoms with Crippen molar-refractivity contribution in [3.63, 3.8) is 0 Å². The minimum atomic E-state index is -0.844. The van der Waals surface area contributed by atoms with Crippen LogP contribution in [0.3, 0.4) is 0 Å². The van der Waals surface area contributed by atoms with Gasteiger partial charge >= 0.3 is 5.97 Å². The van der Waals surface area contributed by atoms with Gasteiger partial charge < -0.3 is 20.3 Å². The van der Waals surface area contributed by atoms with Crippen LogP contribution in [0.1, 0.15) is 380 Å². The molecule has 0 aliphatic carbocycles. The van der Waals surface area contributed by atoms with Gasteiger partial charge in [-0.15, -0.1) is 0 Å². The minimum absolute atomic E-state index is 0.00378. The first kappa shape index (κ1) is 76.8. The van der Waals surface area contributed by atoms with Crippen LogP contribution in [-0.4, -0.2) is 47.4 Å². The van der Waals surface area contributed by atoms with Crippen molar-refractivity contribution >= 4 is 11.9 Å². The second-order valence-corrected chi connectivity index (χ2v) is 24.2. The third kappa shape index (κ3) is 64.8. The third-order valence-corrected chi connectivity index (χ3v) is 16.3. The van der Waals surface area contributed by atoms with Gasteiger partial charge in [0.2, 0.25) is 5.91 Å². The first-order valence-electron chi connectivity index (χ1n) is 35.4. The average Bonchev–Trinajstić information content (AvgIpc) is 3.45. The Balaban J connectivity index is 3.40. The zero-order valence-electron chi connectivity index (χ0n) is 53.1. The normalized spacial score (nSPS) is 12.8. The van der Waals surface area contributed by atoms with E-state index in [1.54, 1.807) is 6.08 Å². The summed E-state index contributed by atoms with van der Waals surface area (Å²) in [5.74, 6) is -0.0599. The molecule has 0 aromatic carbocycles. The summed E-state index contributed by atoms with van der Waals surface area (Å²) in [6.45, 7) is 4.90. The number of carbonyl (C=O) groups is 2. The van der Waals surface area contributed by atoms with Crippen molar-refractivity contribution < 1.29 is 24.5 Å². The summed E-state index contributed by atoms with van der Waals surface area (Å²) < 4.78 is 5.47. The van der Waals surface area contributed by atoms with Gasteiger partial charge in [-0.25, -0.2) is 0 Å². The summed E-state index contributed by atoms with van der Waals surface area (Å²) in [5, 5.41) is 23.2. The van der Waals surface area contributed by atoms with E-state index >= 15 is 0 Å². The Kier molecular flexibility index (Phi) is 66.4. The topological polar surface area (TPSA) is 95.9 Å². The zero-order valence-corrected chi connectivity index (χ0v) is 53.1. The molecule has 0 fully saturated rings. The van der Waals surface area contributed by atoms with Crippen LogP contribution in [0.25, 0.3) is 0 Å². The van der Waals surface area contributed by atoms with Crippen molar-refractivity contribution in [3.8, 4) is 0 Å². The van der Waals surface area contributed by atoms with Crippen LogP contribution >= 0.6 is 0 Å². The molecular formula is C73H137NO5. The summed E-state index contributed by atoms with van der Waals surface area (Å²) in [6.07, 6.45) is 89.1. The number of allylic oxidation sites excluding steroid dienone is 7. The SMILES string of the molecule is CCCCC/C=C\CCCCCCCC(=O)OCCCCCCCCCCC/C=C\C/C=C\CCCCCCCCCCCCCCCCCCCC(=O)NC(CO)C(O)/C=C/CCCCCCCCCCCCCCCCC. The summed E-state index contributed by atoms with van der Waals surface area (Å²) in [7, 11) is 0. The molecule has 0 rings (SSSR count). The van der Waals surface area contributed by atoms with E-state index in [0.29, 0.717) is 19.4 Å². The Morgan fingerprint density at radius 1 is 0.354 bits per heavy atom. The minimum Gasteiger partial charge on any atom is -0.466 e. The van der Waals surface area contributed by atoms with Crippen LogP contribution in [0.15, 0.2) is 48.6 Å². The molecule has 0 heterocycles. The zero-order chi connectivity index (χ0) is 57.1. The lowest BCUT2D eigenvalue weighted by molar-refractivity contribution is -0.143. The van der Waals surface area contributed by atoms with Gasteiger partial charge in [-0.05, 0) is 89.9 Å². The molecular weight excluding hydrogens is 971 g/mol. The maximum Gasteiger partial charge on any atom is 0.305 e. The molecule has 79 heavy (non-hydrogen) atoms. The standard InChI is InChI=1S/C73H137NO5/c1-3-5-7-9-11-13-15-17-18-36-39-42-45-49-53-57-61-65-71(76)70(69-75)74-72(77)66-62-58-54-50-46-43-40-37-34-32-30-28-26-24-22-20-19-21-23-25-27-29-31-33-35-38-41-44-48-52-56-60-64-68-79-73(78)67-63-59-55-51-47-16-14-12-10-8-6-4-2/h12,14,23,25,29,31,61,65,70-71,75-76H,3-11,13,15-22,24,26-28,30,32-60,62-64,66-69H2,1-2H3,(H,74,77)/b14-12-,25-23-,31-29-,65-61+. The molecule has 0 aromatic heterocycles. The van der Waals surface area contributed by atoms with E-state index in [0.717, 1.165) is 51.4 Å². The third-order valence-electron chi connectivity index (χ3n) is 16.3. The Bertz CT molecular complexity index is 1320. The number of esters is 1. The van der Waals surface area contributed by atoms with Crippen molar-refractivity contribution in [2.45, 2.75) is 392 Å². The number of carbonyl (C=O) groups excluding carboxylic acids is 2. The fourth-order valence-electron chi connectivity index (χ4n) is 10.9. The van der Waals surface area contributed by atoms with Gasteiger partial charge in [0, 0.05) is 12.8 Å². The van der Waals surface area contributed by atoms with E-state index in [1.165, 1.54) is 302 Å². The van der Waals surface area contributed by atoms with E-state index in [4.69, 9.17) is 4.74 Å². The largest absolute Gasteiger partial charge is 0.466 e. The molecule has 464 valence electrons. The molecule has 0 bridgehead atoms. The second-order valence-electron chi connectivity index (χ2n) is 24.2. The monoisotopic (exact) mass is 1110 g/mol. The number of hydrogen-bond acceptors (Lipinski definition) is 5. The molecule has 0 aromatic rings. The van der Waals surface area contributed by atoms with Gasteiger partial charge in [-0.1, -0.05) is 326 Å². The smallest absolute Gasteiger partial charge is 0.305 e. The molecule has 1 amide bonds. The number of aliphatic hydroxyl groups excluding tert-OH is 2. The lowest BCUT2D eigenvalue weighted by Gasteiger charge is -2.20. The van der Waals surface area contributed by atoms with Crippen LogP contribution < -0.4 is 5.32 Å². The van der Waals surface area contributed by atoms with Crippen LogP contribution in [0.2, 0.25) is 0 Å². The summed E-state index contributed by atoms with van der Waals surface area (Å²) in [5.41, 5.74) is 0. The highest BCUT2D eigenvalue weighted by atomic mass is 16.5. The van der Waals surface area contributed by atoms with Crippen molar-refractivity contribution in [3.05, 3.63) is 48.6 Å². The van der Waals surface area contributed by atoms with Crippen molar-refractivity contribution in [2.24, 2.45) is 0 Å². The maximum absolute atomic E-state index is 12.5. The number of amides is 1. The highest BCUT2D eigenvalue weighted by Crippen LogP contribution is 2.18. The Hall–Kier alpha value is -2.18. The van der Waals surface area contributed by atoms with Crippen LogP contribution in [0.5, 0.6) is 0 Å². The molecule has 0 aliphatic heterocycles. The number of rotatable bonds is 66. The number of ether oxygens (including phenoxy) is 1. The number of aliphatic hydroxyl groups is 2. The first-order chi connectivity index (χ1) is 39.0. The molecule has 0 aliphatic rings. The molecule has 0 spiro atoms. The Labute approximate surface area is 493 Å². The molecule has 0 radical (unpaired) electrons. The highest BCUT2D eigenvalue weighted by Gasteiger charge is 2.18. The molecule has 6 nitrogen and oxygen atoms in total. The summed E-state index contributed by atoms with van der Waals surface area (Å²) in [6, 6.07) is -0.627. The molecule has 0 saturated carbocycles. The van der Waals surface area contributed by atoms with Crippen LogP contribution in [0.4, 0.5) is 0 Å². The summed E-state index contributed by atoms with van der Waals surface area (Å²) in [4.78, 5) is 24.5. The Morgan fingerprint density at radius 3 is 1.00 bits per heavy atom. The predicted molar refractivity (Wildman–Crippen MR) is 347 cm³/mol. The van der Waals surface area contributed by atoms with Gasteiger partial charge in [0.15, 0.2) is 0 Å². The lowest BCUT2D eigenvalue weighted by atomic mass is 10.0. The lowest BCUT2D eigenvalue weighted by Crippen LogP contribution is -2.45. The first-order valence-corrected chi connectivity index (χ1v) is 35.4. The highest BCUT2D eigenvalue weighted by molar-refractivity contribution is 5.76. The molecule has 3 N–H and O–H groups in total. The molecule has 2 atom stereocenters. The predicted octanol–water partition coefficient (Wildman–Crippen LogP) is 22.9. The molecule has 6 heteroatoms. The van der Waals surface area contributed by atoms with Crippen molar-refractivity contribution in [1.29, 1.82) is 0 Å². The number of hydrogen-bond donors (Lipinski definition) is 3. The summed E-state index contributed by atoms with van der Waals surface area (Å²) >= 11 is 0. The van der Waals surface area contributed by atoms with Crippen molar-refractivity contribution in [1.82, 2.24) is 5.32 Å². The second kappa shape index (κ2) is 68.3. The fraction of sp³-hybridized carbons (Fsp3) is 0.863. The molecule has 0 saturated heterocycles. The van der Waals surface area contributed by atoms with Gasteiger partial charge in [0.1, 0.15) is 0 Å². The molecule has 2 unspecified atom stereocenters. The van der Waals surface area contributed by atoms with E-state index < -0.39 is 12.1 Å². The van der Waals surface area contributed by atoms with E-state index in [-0.39, 0.29) is 18.5 Å². The van der Waals surface area contributed by atoms with Gasteiger partial charge in [-0.3, -0.25) is 9.59 Å². The maximum atomic E-state index is 12.5. The van der Waals surface area contributed by atoms with Crippen molar-refractivity contribution in [2.75, 3.05) is 13.2 Å². The van der Waals surface area contributed by atoms with E-state index in [9.17, 15) is 19.8 Å². The van der Waals surface area contributed by atoms with Crippen LogP contribution in [0, 0.1) is 0 Å². The van der Waals surface area contributed by atoms with Crippen LogP contribution in [-0.2, 0) is 14.3 Å². The fourth-order valence-corrected chi connectivity index (χ4v) is 10.9. The number of unbranched alkanes of at least 4 members (excludes halogenated alkanes) is 49. The van der Waals surface area contributed by atoms with E-state index in [1.807, 2.05) is 6.08 Å². The van der Waals surface area contributed by atoms with Gasteiger partial charge in [0.25, 0.3) is 0 Å². The Morgan fingerprint density at radius 2 is 0.633 bits per heavy atom.